The number of carbonyl (C=O) groups excluding carboxylic acids is 2. The molecule has 30 heavy (non-hydrogen) atoms. The van der Waals surface area contributed by atoms with Crippen molar-refractivity contribution in [3.05, 3.63) is 41.6 Å². The van der Waals surface area contributed by atoms with E-state index in [0.717, 1.165) is 0 Å². The maximum atomic E-state index is 13.1. The maximum Gasteiger partial charge on any atom is 0.322 e. The summed E-state index contributed by atoms with van der Waals surface area (Å²) < 4.78 is 33.3. The molecule has 2 aromatic rings. The number of hydrogen-bond acceptors (Lipinski definition) is 7. The minimum atomic E-state index is -3.89. The summed E-state index contributed by atoms with van der Waals surface area (Å²) >= 11 is 5.81. The Hall–Kier alpha value is -2.70. The SMILES string of the molecule is O=C1NC(=O)C(CS(=O)(=O)N2CCC(Oc3ccc(Cl)cn3)CC2)(c2c[nH]cn2)N1. The van der Waals surface area contributed by atoms with Gasteiger partial charge in [0.2, 0.25) is 15.9 Å². The Labute approximate surface area is 177 Å². The van der Waals surface area contributed by atoms with Crippen LogP contribution in [0.5, 0.6) is 5.88 Å². The number of sulfonamides is 1. The number of amides is 3. The Bertz CT molecular complexity index is 1040. The first-order valence-corrected chi connectivity index (χ1v) is 11.2. The van der Waals surface area contributed by atoms with Gasteiger partial charge in [-0.25, -0.2) is 27.5 Å². The number of ether oxygens (including phenoxy) is 1. The number of aromatic nitrogens is 3. The third kappa shape index (κ3) is 3.98. The second-order valence-electron chi connectivity index (χ2n) is 7.06. The van der Waals surface area contributed by atoms with Crippen molar-refractivity contribution in [1.82, 2.24) is 29.9 Å². The number of carbonyl (C=O) groups is 2. The number of imide groups is 1. The van der Waals surface area contributed by atoms with E-state index >= 15 is 0 Å². The second-order valence-corrected chi connectivity index (χ2v) is 9.46. The maximum absolute atomic E-state index is 13.1. The van der Waals surface area contributed by atoms with Crippen molar-refractivity contribution < 1.29 is 22.7 Å². The molecular formula is C17H19ClN6O5S. The smallest absolute Gasteiger partial charge is 0.322 e. The predicted molar refractivity (Wildman–Crippen MR) is 105 cm³/mol. The van der Waals surface area contributed by atoms with Crippen molar-refractivity contribution >= 4 is 33.6 Å². The fourth-order valence-electron chi connectivity index (χ4n) is 3.54. The Morgan fingerprint density at radius 1 is 1.23 bits per heavy atom. The molecule has 4 heterocycles. The molecule has 2 aliphatic rings. The molecule has 0 aliphatic carbocycles. The third-order valence-electron chi connectivity index (χ3n) is 5.06. The fourth-order valence-corrected chi connectivity index (χ4v) is 5.50. The molecule has 3 N–H and O–H groups in total. The summed E-state index contributed by atoms with van der Waals surface area (Å²) in [7, 11) is -3.89. The van der Waals surface area contributed by atoms with Crippen LogP contribution in [0.1, 0.15) is 18.5 Å². The van der Waals surface area contributed by atoms with Crippen LogP contribution in [0.2, 0.25) is 5.02 Å². The van der Waals surface area contributed by atoms with Crippen LogP contribution >= 0.6 is 11.6 Å². The van der Waals surface area contributed by atoms with Gasteiger partial charge in [-0.2, -0.15) is 0 Å². The van der Waals surface area contributed by atoms with E-state index in [1.807, 2.05) is 0 Å². The van der Waals surface area contributed by atoms with Gasteiger partial charge < -0.3 is 15.0 Å². The van der Waals surface area contributed by atoms with E-state index < -0.39 is 33.3 Å². The molecule has 4 rings (SSSR count). The number of imidazole rings is 1. The minimum absolute atomic E-state index is 0.126. The molecule has 0 saturated carbocycles. The normalized spacial score (nSPS) is 23.2. The number of rotatable bonds is 6. The lowest BCUT2D eigenvalue weighted by atomic mass is 9.99. The van der Waals surface area contributed by atoms with E-state index in [1.165, 1.54) is 23.0 Å². The van der Waals surface area contributed by atoms with Gasteiger partial charge in [0.15, 0.2) is 5.54 Å². The van der Waals surface area contributed by atoms with Crippen LogP contribution in [0.3, 0.4) is 0 Å². The van der Waals surface area contributed by atoms with E-state index in [9.17, 15) is 18.0 Å². The van der Waals surface area contributed by atoms with Crippen molar-refractivity contribution in [3.63, 3.8) is 0 Å². The van der Waals surface area contributed by atoms with Gasteiger partial charge in [-0.3, -0.25) is 10.1 Å². The summed E-state index contributed by atoms with van der Waals surface area (Å²) in [6.07, 6.45) is 4.90. The highest BCUT2D eigenvalue weighted by atomic mass is 35.5. The molecular weight excluding hydrogens is 436 g/mol. The Balaban J connectivity index is 1.44. The molecule has 0 spiro atoms. The number of halogens is 1. The molecule has 0 aromatic carbocycles. The Morgan fingerprint density at radius 3 is 2.57 bits per heavy atom. The van der Waals surface area contributed by atoms with Crippen LogP contribution in [0.15, 0.2) is 30.9 Å². The molecule has 0 bridgehead atoms. The van der Waals surface area contributed by atoms with Gasteiger partial charge in [-0.1, -0.05) is 11.6 Å². The van der Waals surface area contributed by atoms with Crippen molar-refractivity contribution in [1.29, 1.82) is 0 Å². The second kappa shape index (κ2) is 7.85. The molecule has 11 nitrogen and oxygen atoms in total. The third-order valence-corrected chi connectivity index (χ3v) is 7.23. The van der Waals surface area contributed by atoms with Crippen LogP contribution in [-0.2, 0) is 20.4 Å². The van der Waals surface area contributed by atoms with Crippen LogP contribution in [0.25, 0.3) is 0 Å². The average molecular weight is 455 g/mol. The van der Waals surface area contributed by atoms with Crippen LogP contribution in [-0.4, -0.2) is 64.6 Å². The monoisotopic (exact) mass is 454 g/mol. The molecule has 1 atom stereocenters. The molecule has 2 saturated heterocycles. The van der Waals surface area contributed by atoms with E-state index in [2.05, 4.69) is 25.6 Å². The van der Waals surface area contributed by atoms with Crippen molar-refractivity contribution in [3.8, 4) is 5.88 Å². The topological polar surface area (TPSA) is 146 Å². The molecule has 13 heteroatoms. The first kappa shape index (κ1) is 20.6. The highest BCUT2D eigenvalue weighted by molar-refractivity contribution is 7.89. The Kier molecular flexibility index (Phi) is 5.38. The van der Waals surface area contributed by atoms with E-state index in [0.29, 0.717) is 23.7 Å². The van der Waals surface area contributed by atoms with E-state index in [1.54, 1.807) is 12.1 Å². The van der Waals surface area contributed by atoms with Crippen molar-refractivity contribution in [2.45, 2.75) is 24.5 Å². The molecule has 160 valence electrons. The van der Waals surface area contributed by atoms with Crippen LogP contribution in [0, 0.1) is 0 Å². The summed E-state index contributed by atoms with van der Waals surface area (Å²) in [6, 6.07) is 2.56. The summed E-state index contributed by atoms with van der Waals surface area (Å²) in [5.41, 5.74) is -1.65. The van der Waals surface area contributed by atoms with Gasteiger partial charge in [0.05, 0.1) is 17.0 Å². The number of aromatic amines is 1. The highest BCUT2D eigenvalue weighted by Crippen LogP contribution is 2.28. The lowest BCUT2D eigenvalue weighted by Gasteiger charge is -2.33. The molecule has 0 radical (unpaired) electrons. The first-order chi connectivity index (χ1) is 14.3. The quantitative estimate of drug-likeness (QED) is 0.534. The number of nitrogens with one attached hydrogen (secondary N) is 3. The predicted octanol–water partition coefficient (Wildman–Crippen LogP) is 0.366. The summed E-state index contributed by atoms with van der Waals surface area (Å²) in [5, 5.41) is 5.02. The lowest BCUT2D eigenvalue weighted by molar-refractivity contribution is -0.123. The first-order valence-electron chi connectivity index (χ1n) is 9.17. The lowest BCUT2D eigenvalue weighted by Crippen LogP contribution is -2.53. The fraction of sp³-hybridized carbons (Fsp3) is 0.412. The molecule has 2 fully saturated rings. The van der Waals surface area contributed by atoms with Crippen LogP contribution in [0.4, 0.5) is 4.79 Å². The van der Waals surface area contributed by atoms with Gasteiger partial charge in [0, 0.05) is 31.5 Å². The number of piperidine rings is 1. The number of hydrogen-bond donors (Lipinski definition) is 3. The van der Waals surface area contributed by atoms with Crippen molar-refractivity contribution in [2.75, 3.05) is 18.8 Å². The molecule has 2 aromatic heterocycles. The van der Waals surface area contributed by atoms with Gasteiger partial charge in [0.1, 0.15) is 11.9 Å². The zero-order valence-electron chi connectivity index (χ0n) is 15.7. The van der Waals surface area contributed by atoms with Gasteiger partial charge in [0.25, 0.3) is 5.91 Å². The summed E-state index contributed by atoms with van der Waals surface area (Å²) in [4.78, 5) is 35.0. The zero-order chi connectivity index (χ0) is 21.4. The van der Waals surface area contributed by atoms with Gasteiger partial charge in [-0.15, -0.1) is 0 Å². The van der Waals surface area contributed by atoms with Gasteiger partial charge >= 0.3 is 6.03 Å². The Morgan fingerprint density at radius 2 is 2.00 bits per heavy atom. The van der Waals surface area contributed by atoms with Gasteiger partial charge in [-0.05, 0) is 18.9 Å². The van der Waals surface area contributed by atoms with E-state index in [-0.39, 0.29) is 24.9 Å². The van der Waals surface area contributed by atoms with E-state index in [4.69, 9.17) is 16.3 Å². The number of H-pyrrole nitrogens is 1. The summed E-state index contributed by atoms with van der Waals surface area (Å²) in [5.74, 6) is -0.967. The minimum Gasteiger partial charge on any atom is -0.474 e. The molecule has 3 amide bonds. The largest absolute Gasteiger partial charge is 0.474 e. The zero-order valence-corrected chi connectivity index (χ0v) is 17.2. The number of urea groups is 1. The molecule has 1 unspecified atom stereocenters. The summed E-state index contributed by atoms with van der Waals surface area (Å²) in [6.45, 7) is 0.430. The molecule has 2 aliphatic heterocycles. The standard InChI is InChI=1S/C17H19ClN6O5S/c18-11-1-2-14(20-7-11)29-12-3-5-24(6-4-12)30(27,28)9-17(13-8-19-10-21-13)15(25)22-16(26)23-17/h1-2,7-8,10,12H,3-6,9H2,(H,19,21)(H2,22,23,25,26). The highest BCUT2D eigenvalue weighted by Gasteiger charge is 2.53. The van der Waals surface area contributed by atoms with Crippen LogP contribution < -0.4 is 15.4 Å². The average Bonchev–Trinajstić information content (AvgIpc) is 3.33. The number of nitrogens with zero attached hydrogens (tertiary/aromatic N) is 3. The number of pyridine rings is 1. The van der Waals surface area contributed by atoms with Crippen molar-refractivity contribution in [2.24, 2.45) is 0 Å².